The van der Waals surface area contributed by atoms with Gasteiger partial charge in [0.15, 0.2) is 0 Å². The minimum absolute atomic E-state index is 0.418. The van der Waals surface area contributed by atoms with Crippen LogP contribution in [0.3, 0.4) is 0 Å². The van der Waals surface area contributed by atoms with Gasteiger partial charge in [0.1, 0.15) is 5.78 Å². The van der Waals surface area contributed by atoms with Crippen LogP contribution >= 0.6 is 11.6 Å². The van der Waals surface area contributed by atoms with Gasteiger partial charge in [-0.2, -0.15) is 0 Å². The second-order valence-electron chi connectivity index (χ2n) is 4.46. The van der Waals surface area contributed by atoms with Gasteiger partial charge >= 0.3 is 0 Å². The summed E-state index contributed by atoms with van der Waals surface area (Å²) in [7, 11) is 0. The molecule has 0 N–H and O–H groups in total. The van der Waals surface area contributed by atoms with Gasteiger partial charge in [0, 0.05) is 17.7 Å². The molecule has 0 heterocycles. The second kappa shape index (κ2) is 4.00. The maximum atomic E-state index is 11.7. The molecule has 0 aromatic heterocycles. The Morgan fingerprint density at radius 2 is 2.15 bits per heavy atom. The minimum atomic E-state index is 0.418. The molecule has 3 unspecified atom stereocenters. The van der Waals surface area contributed by atoms with Gasteiger partial charge in [0.05, 0.1) is 0 Å². The van der Waals surface area contributed by atoms with E-state index < -0.39 is 0 Å². The summed E-state index contributed by atoms with van der Waals surface area (Å²) in [5, 5.41) is 0. The van der Waals surface area contributed by atoms with Gasteiger partial charge in [-0.25, -0.2) is 0 Å². The average molecular weight is 201 g/mol. The first-order chi connectivity index (χ1) is 6.33. The molecule has 2 fully saturated rings. The van der Waals surface area contributed by atoms with Crippen LogP contribution in [0.25, 0.3) is 0 Å². The maximum absolute atomic E-state index is 11.7. The Morgan fingerprint density at radius 1 is 1.31 bits per heavy atom. The first-order valence-electron chi connectivity index (χ1n) is 5.42. The molecule has 2 rings (SSSR count). The van der Waals surface area contributed by atoms with Crippen LogP contribution in [-0.2, 0) is 4.79 Å². The van der Waals surface area contributed by atoms with E-state index in [0.717, 1.165) is 31.1 Å². The van der Waals surface area contributed by atoms with E-state index in [1.54, 1.807) is 0 Å². The highest BCUT2D eigenvalue weighted by atomic mass is 35.5. The monoisotopic (exact) mass is 200 g/mol. The van der Waals surface area contributed by atoms with Crippen molar-refractivity contribution >= 4 is 17.4 Å². The van der Waals surface area contributed by atoms with Crippen LogP contribution < -0.4 is 0 Å². The van der Waals surface area contributed by atoms with E-state index in [9.17, 15) is 4.79 Å². The first kappa shape index (κ1) is 9.51. The normalized spacial score (nSPS) is 37.3. The number of carbonyl (C=O) groups excluding carboxylic acids is 1. The smallest absolute Gasteiger partial charge is 0.139 e. The number of rotatable bonds is 4. The van der Waals surface area contributed by atoms with Crippen molar-refractivity contribution in [3.63, 3.8) is 0 Å². The summed E-state index contributed by atoms with van der Waals surface area (Å²) in [5.74, 6) is 2.93. The van der Waals surface area contributed by atoms with Gasteiger partial charge < -0.3 is 0 Å². The lowest BCUT2D eigenvalue weighted by atomic mass is 9.84. The summed E-state index contributed by atoms with van der Waals surface area (Å²) >= 11 is 5.62. The van der Waals surface area contributed by atoms with Gasteiger partial charge in [0.2, 0.25) is 0 Å². The summed E-state index contributed by atoms with van der Waals surface area (Å²) in [6.45, 7) is 0. The van der Waals surface area contributed by atoms with Crippen LogP contribution in [0, 0.1) is 17.8 Å². The number of ketones is 1. The molecule has 2 aliphatic rings. The third-order valence-corrected chi connectivity index (χ3v) is 3.98. The average Bonchev–Trinajstić information content (AvgIpc) is 2.69. The van der Waals surface area contributed by atoms with E-state index >= 15 is 0 Å². The highest BCUT2D eigenvalue weighted by Crippen LogP contribution is 2.47. The van der Waals surface area contributed by atoms with Gasteiger partial charge in [-0.1, -0.05) is 6.42 Å². The Hall–Kier alpha value is -0.0400. The molecule has 1 nitrogen and oxygen atoms in total. The molecule has 2 bridgehead atoms. The number of hydrogen-bond acceptors (Lipinski definition) is 1. The molecule has 0 amide bonds. The van der Waals surface area contributed by atoms with Crippen LogP contribution in [0.5, 0.6) is 0 Å². The lowest BCUT2D eigenvalue weighted by molar-refractivity contribution is -0.125. The molecule has 0 saturated heterocycles. The van der Waals surface area contributed by atoms with Crippen LogP contribution in [0.15, 0.2) is 0 Å². The van der Waals surface area contributed by atoms with Crippen LogP contribution in [-0.4, -0.2) is 11.7 Å². The fourth-order valence-corrected chi connectivity index (χ4v) is 3.20. The molecule has 2 aliphatic carbocycles. The molecule has 74 valence electrons. The first-order valence-corrected chi connectivity index (χ1v) is 5.96. The van der Waals surface area contributed by atoms with Crippen molar-refractivity contribution in [2.45, 2.75) is 38.5 Å². The largest absolute Gasteiger partial charge is 0.299 e. The molecule has 0 spiro atoms. The van der Waals surface area contributed by atoms with Crippen molar-refractivity contribution in [1.82, 2.24) is 0 Å². The van der Waals surface area contributed by atoms with Gasteiger partial charge in [-0.05, 0) is 38.0 Å². The predicted octanol–water partition coefficient (Wildman–Crippen LogP) is 3.01. The molecule has 2 saturated carbocycles. The van der Waals surface area contributed by atoms with Gasteiger partial charge in [-0.3, -0.25) is 4.79 Å². The maximum Gasteiger partial charge on any atom is 0.139 e. The quantitative estimate of drug-likeness (QED) is 0.504. The highest BCUT2D eigenvalue weighted by molar-refractivity contribution is 6.17. The number of alkyl halides is 1. The summed E-state index contributed by atoms with van der Waals surface area (Å²) in [6, 6.07) is 0. The Balaban J connectivity index is 1.83. The Kier molecular flexibility index (Phi) is 2.92. The molecule has 3 atom stereocenters. The molecule has 13 heavy (non-hydrogen) atoms. The number of carbonyl (C=O) groups is 1. The Labute approximate surface area is 84.8 Å². The van der Waals surface area contributed by atoms with E-state index in [-0.39, 0.29) is 0 Å². The van der Waals surface area contributed by atoms with E-state index in [4.69, 9.17) is 11.6 Å². The zero-order valence-corrected chi connectivity index (χ0v) is 8.72. The topological polar surface area (TPSA) is 17.1 Å². The van der Waals surface area contributed by atoms with Gasteiger partial charge in [0.25, 0.3) is 0 Å². The second-order valence-corrected chi connectivity index (χ2v) is 4.84. The third-order valence-electron chi connectivity index (χ3n) is 3.71. The van der Waals surface area contributed by atoms with Crippen molar-refractivity contribution in [1.29, 1.82) is 0 Å². The van der Waals surface area contributed by atoms with Crippen LogP contribution in [0.4, 0.5) is 0 Å². The third kappa shape index (κ3) is 1.76. The predicted molar refractivity (Wildman–Crippen MR) is 53.9 cm³/mol. The van der Waals surface area contributed by atoms with E-state index in [1.165, 1.54) is 19.3 Å². The number of hydrogen-bond donors (Lipinski definition) is 0. The van der Waals surface area contributed by atoms with Crippen LogP contribution in [0.1, 0.15) is 38.5 Å². The van der Waals surface area contributed by atoms with Crippen molar-refractivity contribution in [2.24, 2.45) is 17.8 Å². The molecular formula is C11H17ClO. The number of Topliss-reactive ketones (excluding diaryl/α,β-unsaturated/α-hetero) is 1. The SMILES string of the molecule is O=C1C2CCC(C2)C1CCCCCl. The molecule has 0 aromatic rings. The van der Waals surface area contributed by atoms with Crippen molar-refractivity contribution in [2.75, 3.05) is 5.88 Å². The molecular weight excluding hydrogens is 184 g/mol. The van der Waals surface area contributed by atoms with E-state index in [1.807, 2.05) is 0 Å². The standard InChI is InChI=1S/C11H17ClO/c12-6-2-1-3-10-8-4-5-9(7-8)11(10)13/h8-10H,1-7H2. The summed E-state index contributed by atoms with van der Waals surface area (Å²) in [6.07, 6.45) is 7.00. The summed E-state index contributed by atoms with van der Waals surface area (Å²) < 4.78 is 0. The van der Waals surface area contributed by atoms with Crippen LogP contribution in [0.2, 0.25) is 0 Å². The van der Waals surface area contributed by atoms with Gasteiger partial charge in [-0.15, -0.1) is 11.6 Å². The number of fused-ring (bicyclic) bond motifs is 2. The Bertz CT molecular complexity index is 202. The number of halogens is 1. The molecule has 2 heteroatoms. The fraction of sp³-hybridized carbons (Fsp3) is 0.909. The zero-order chi connectivity index (χ0) is 9.26. The lowest BCUT2D eigenvalue weighted by Gasteiger charge is -2.19. The fourth-order valence-electron chi connectivity index (χ4n) is 3.01. The lowest BCUT2D eigenvalue weighted by Crippen LogP contribution is -2.21. The molecule has 0 aliphatic heterocycles. The summed E-state index contributed by atoms with van der Waals surface area (Å²) in [5.41, 5.74) is 0. The van der Waals surface area contributed by atoms with Crippen molar-refractivity contribution in [3.05, 3.63) is 0 Å². The summed E-state index contributed by atoms with van der Waals surface area (Å²) in [4.78, 5) is 11.7. The number of unbranched alkanes of at least 4 members (excludes halogenated alkanes) is 1. The van der Waals surface area contributed by atoms with E-state index in [2.05, 4.69) is 0 Å². The molecule has 0 aromatic carbocycles. The zero-order valence-electron chi connectivity index (χ0n) is 7.97. The van der Waals surface area contributed by atoms with Crippen molar-refractivity contribution < 1.29 is 4.79 Å². The van der Waals surface area contributed by atoms with Crippen molar-refractivity contribution in [3.8, 4) is 0 Å². The Morgan fingerprint density at radius 3 is 2.77 bits per heavy atom. The van der Waals surface area contributed by atoms with E-state index in [0.29, 0.717) is 17.6 Å². The highest BCUT2D eigenvalue weighted by Gasteiger charge is 2.45. The minimum Gasteiger partial charge on any atom is -0.299 e. The molecule has 0 radical (unpaired) electrons.